The number of carbonyl (C=O) groups is 1. The number of nitrogens with zero attached hydrogens (tertiary/aromatic N) is 1. The third-order valence-corrected chi connectivity index (χ3v) is 2.80. The number of nitrogens with one attached hydrogen (secondary N) is 1. The summed E-state index contributed by atoms with van der Waals surface area (Å²) in [6, 6.07) is 15.2. The molecule has 0 aliphatic carbocycles. The number of hydrogen-bond acceptors (Lipinski definition) is 2. The zero-order valence-corrected chi connectivity index (χ0v) is 10.6. The first-order chi connectivity index (χ1) is 9.33. The Morgan fingerprint density at radius 1 is 1.21 bits per heavy atom. The third kappa shape index (κ3) is 3.28. The van der Waals surface area contributed by atoms with E-state index < -0.39 is 0 Å². The van der Waals surface area contributed by atoms with Gasteiger partial charge in [-0.05, 0) is 17.7 Å². The van der Waals surface area contributed by atoms with Crippen molar-refractivity contribution in [1.82, 2.24) is 10.3 Å². The van der Waals surface area contributed by atoms with Crippen molar-refractivity contribution in [2.24, 2.45) is 0 Å². The van der Waals surface area contributed by atoms with E-state index in [0.29, 0.717) is 6.54 Å². The molecule has 1 amide bonds. The number of hydrogen-bond donors (Lipinski definition) is 1. The molecule has 0 bridgehead atoms. The number of aromatic nitrogens is 1. The summed E-state index contributed by atoms with van der Waals surface area (Å²) in [7, 11) is 0. The molecule has 3 heteroatoms. The zero-order chi connectivity index (χ0) is 13.5. The van der Waals surface area contributed by atoms with Crippen molar-refractivity contribution in [3.05, 3.63) is 78.6 Å². The maximum atomic E-state index is 12.3. The van der Waals surface area contributed by atoms with Crippen molar-refractivity contribution in [2.75, 3.05) is 6.54 Å². The average Bonchev–Trinajstić information content (AvgIpc) is 2.47. The van der Waals surface area contributed by atoms with Crippen molar-refractivity contribution in [1.29, 1.82) is 0 Å². The second-order valence-corrected chi connectivity index (χ2v) is 4.13. The van der Waals surface area contributed by atoms with Crippen LogP contribution in [0.15, 0.2) is 67.4 Å². The molecular weight excluding hydrogens is 236 g/mol. The fourth-order valence-electron chi connectivity index (χ4n) is 1.92. The number of amides is 1. The summed E-state index contributed by atoms with van der Waals surface area (Å²) < 4.78 is 0. The minimum atomic E-state index is -0.387. The van der Waals surface area contributed by atoms with Gasteiger partial charge in [0.25, 0.3) is 0 Å². The first kappa shape index (κ1) is 13.0. The number of rotatable bonds is 5. The van der Waals surface area contributed by atoms with Gasteiger partial charge in [-0.1, -0.05) is 42.5 Å². The van der Waals surface area contributed by atoms with Gasteiger partial charge in [0.05, 0.1) is 5.69 Å². The largest absolute Gasteiger partial charge is 0.352 e. The highest BCUT2D eigenvalue weighted by atomic mass is 16.1. The standard InChI is InChI=1S/C16H16N2O/c1-2-11-18-16(19)15(13-8-4-3-5-9-13)14-10-6-7-12-17-14/h2-10,12,15H,1,11H2,(H,18,19). The molecular formula is C16H16N2O. The molecule has 0 radical (unpaired) electrons. The molecule has 1 aromatic heterocycles. The minimum Gasteiger partial charge on any atom is -0.352 e. The highest BCUT2D eigenvalue weighted by Crippen LogP contribution is 2.22. The molecule has 1 atom stereocenters. The lowest BCUT2D eigenvalue weighted by Gasteiger charge is -2.16. The zero-order valence-electron chi connectivity index (χ0n) is 10.6. The minimum absolute atomic E-state index is 0.0650. The van der Waals surface area contributed by atoms with Crippen LogP contribution in [0, 0.1) is 0 Å². The molecule has 1 aromatic carbocycles. The molecule has 0 aliphatic rings. The van der Waals surface area contributed by atoms with E-state index in [1.54, 1.807) is 12.3 Å². The molecule has 2 aromatic rings. The van der Waals surface area contributed by atoms with E-state index in [4.69, 9.17) is 0 Å². The highest BCUT2D eigenvalue weighted by Gasteiger charge is 2.22. The molecule has 96 valence electrons. The molecule has 0 spiro atoms. The Bertz CT molecular complexity index is 498. The normalized spacial score (nSPS) is 11.6. The Kier molecular flexibility index (Phi) is 4.45. The van der Waals surface area contributed by atoms with E-state index in [-0.39, 0.29) is 11.8 Å². The Balaban J connectivity index is 2.34. The van der Waals surface area contributed by atoms with Crippen LogP contribution in [0.5, 0.6) is 0 Å². The molecule has 1 unspecified atom stereocenters. The van der Waals surface area contributed by atoms with Gasteiger partial charge in [0.1, 0.15) is 5.92 Å². The number of benzene rings is 1. The van der Waals surface area contributed by atoms with E-state index in [9.17, 15) is 4.79 Å². The molecule has 3 nitrogen and oxygen atoms in total. The molecule has 1 heterocycles. The quantitative estimate of drug-likeness (QED) is 0.831. The third-order valence-electron chi connectivity index (χ3n) is 2.80. The summed E-state index contributed by atoms with van der Waals surface area (Å²) in [5, 5.41) is 2.83. The van der Waals surface area contributed by atoms with Gasteiger partial charge in [-0.2, -0.15) is 0 Å². The van der Waals surface area contributed by atoms with E-state index in [2.05, 4.69) is 16.9 Å². The van der Waals surface area contributed by atoms with Gasteiger partial charge in [0.2, 0.25) is 5.91 Å². The fourth-order valence-corrected chi connectivity index (χ4v) is 1.92. The molecule has 2 rings (SSSR count). The average molecular weight is 252 g/mol. The molecule has 0 aliphatic heterocycles. The topological polar surface area (TPSA) is 42.0 Å². The second-order valence-electron chi connectivity index (χ2n) is 4.13. The van der Waals surface area contributed by atoms with Gasteiger partial charge >= 0.3 is 0 Å². The first-order valence-corrected chi connectivity index (χ1v) is 6.17. The van der Waals surface area contributed by atoms with Crippen LogP contribution in [0.4, 0.5) is 0 Å². The Morgan fingerprint density at radius 3 is 2.58 bits per heavy atom. The van der Waals surface area contributed by atoms with Crippen molar-refractivity contribution in [3.8, 4) is 0 Å². The van der Waals surface area contributed by atoms with Crippen LogP contribution in [0.1, 0.15) is 17.2 Å². The van der Waals surface area contributed by atoms with Crippen molar-refractivity contribution < 1.29 is 4.79 Å². The van der Waals surface area contributed by atoms with Gasteiger partial charge in [-0.25, -0.2) is 0 Å². The summed E-state index contributed by atoms with van der Waals surface area (Å²) in [5.41, 5.74) is 1.68. The lowest BCUT2D eigenvalue weighted by Crippen LogP contribution is -2.30. The molecule has 0 saturated carbocycles. The van der Waals surface area contributed by atoms with Gasteiger partial charge in [0, 0.05) is 12.7 Å². The summed E-state index contributed by atoms with van der Waals surface area (Å²) in [6.45, 7) is 4.06. The second kappa shape index (κ2) is 6.50. The molecule has 0 fully saturated rings. The Morgan fingerprint density at radius 2 is 1.95 bits per heavy atom. The van der Waals surface area contributed by atoms with Gasteiger partial charge in [-0.15, -0.1) is 6.58 Å². The first-order valence-electron chi connectivity index (χ1n) is 6.17. The van der Waals surface area contributed by atoms with Crippen LogP contribution in [-0.2, 0) is 4.79 Å². The Labute approximate surface area is 113 Å². The fraction of sp³-hybridized carbons (Fsp3) is 0.125. The van der Waals surface area contributed by atoms with E-state index in [1.165, 1.54) is 0 Å². The van der Waals surface area contributed by atoms with Crippen LogP contribution < -0.4 is 5.32 Å². The van der Waals surface area contributed by atoms with Crippen LogP contribution in [0.25, 0.3) is 0 Å². The molecule has 0 saturated heterocycles. The lowest BCUT2D eigenvalue weighted by molar-refractivity contribution is -0.121. The smallest absolute Gasteiger partial charge is 0.233 e. The maximum absolute atomic E-state index is 12.3. The predicted octanol–water partition coefficient (Wildman–Crippen LogP) is 2.52. The van der Waals surface area contributed by atoms with Crippen molar-refractivity contribution in [3.63, 3.8) is 0 Å². The summed E-state index contributed by atoms with van der Waals surface area (Å²) >= 11 is 0. The summed E-state index contributed by atoms with van der Waals surface area (Å²) in [5.74, 6) is -0.452. The predicted molar refractivity (Wildman–Crippen MR) is 75.7 cm³/mol. The van der Waals surface area contributed by atoms with Gasteiger partial charge in [0.15, 0.2) is 0 Å². The van der Waals surface area contributed by atoms with E-state index >= 15 is 0 Å². The monoisotopic (exact) mass is 252 g/mol. The maximum Gasteiger partial charge on any atom is 0.233 e. The number of carbonyl (C=O) groups excluding carboxylic acids is 1. The van der Waals surface area contributed by atoms with Crippen LogP contribution in [0.3, 0.4) is 0 Å². The molecule has 19 heavy (non-hydrogen) atoms. The van der Waals surface area contributed by atoms with Crippen LogP contribution in [-0.4, -0.2) is 17.4 Å². The molecule has 1 N–H and O–H groups in total. The summed E-state index contributed by atoms with van der Waals surface area (Å²) in [4.78, 5) is 16.6. The van der Waals surface area contributed by atoms with Gasteiger partial charge in [-0.3, -0.25) is 9.78 Å². The number of pyridine rings is 1. The Hall–Kier alpha value is -2.42. The summed E-state index contributed by atoms with van der Waals surface area (Å²) in [6.07, 6.45) is 3.37. The lowest BCUT2D eigenvalue weighted by atomic mass is 9.94. The van der Waals surface area contributed by atoms with E-state index in [0.717, 1.165) is 11.3 Å². The van der Waals surface area contributed by atoms with Gasteiger partial charge < -0.3 is 5.32 Å². The van der Waals surface area contributed by atoms with Crippen molar-refractivity contribution >= 4 is 5.91 Å². The highest BCUT2D eigenvalue weighted by molar-refractivity contribution is 5.86. The van der Waals surface area contributed by atoms with E-state index in [1.807, 2.05) is 48.5 Å². The van der Waals surface area contributed by atoms with Crippen LogP contribution in [0.2, 0.25) is 0 Å². The van der Waals surface area contributed by atoms with Crippen LogP contribution >= 0.6 is 0 Å². The van der Waals surface area contributed by atoms with Crippen molar-refractivity contribution in [2.45, 2.75) is 5.92 Å². The SMILES string of the molecule is C=CCNC(=O)C(c1ccccc1)c1ccccn1.